The molecule has 25 heavy (non-hydrogen) atoms. The van der Waals surface area contributed by atoms with E-state index >= 15 is 0 Å². The first-order valence-electron chi connectivity index (χ1n) is 7.47. The quantitative estimate of drug-likeness (QED) is 0.508. The number of halogens is 1. The van der Waals surface area contributed by atoms with E-state index in [4.69, 9.17) is 18.9 Å². The standard InChI is InChI=1S/C19H19BrO5/c1-22-16-9-8-15(20)11-14(16)12-25-18(21)10-7-13-5-4-6-17(23-2)19(13)24-3/h4-11H,12H2,1-3H3/b10-7+. The Hall–Kier alpha value is -2.47. The molecule has 0 bridgehead atoms. The van der Waals surface area contributed by atoms with Gasteiger partial charge in [-0.3, -0.25) is 0 Å². The number of hydrogen-bond acceptors (Lipinski definition) is 5. The van der Waals surface area contributed by atoms with Crippen LogP contribution < -0.4 is 14.2 Å². The van der Waals surface area contributed by atoms with E-state index in [-0.39, 0.29) is 6.61 Å². The summed E-state index contributed by atoms with van der Waals surface area (Å²) < 4.78 is 22.0. The maximum Gasteiger partial charge on any atom is 0.331 e. The van der Waals surface area contributed by atoms with Gasteiger partial charge in [0, 0.05) is 21.7 Å². The minimum absolute atomic E-state index is 0.112. The van der Waals surface area contributed by atoms with Crippen LogP contribution in [0, 0.1) is 0 Å². The molecule has 0 fully saturated rings. The largest absolute Gasteiger partial charge is 0.496 e. The summed E-state index contributed by atoms with van der Waals surface area (Å²) in [6.07, 6.45) is 2.98. The molecule has 0 atom stereocenters. The third-order valence-corrected chi connectivity index (χ3v) is 3.94. The number of rotatable bonds is 7. The van der Waals surface area contributed by atoms with Crippen molar-refractivity contribution < 1.29 is 23.7 Å². The molecule has 5 nitrogen and oxygen atoms in total. The Labute approximate surface area is 155 Å². The second-order valence-electron chi connectivity index (χ2n) is 4.98. The average molecular weight is 407 g/mol. The molecule has 0 aromatic heterocycles. The molecule has 0 N–H and O–H groups in total. The molecule has 2 rings (SSSR count). The van der Waals surface area contributed by atoms with Gasteiger partial charge < -0.3 is 18.9 Å². The zero-order valence-electron chi connectivity index (χ0n) is 14.2. The maximum atomic E-state index is 12.0. The van der Waals surface area contributed by atoms with Crippen molar-refractivity contribution in [1.82, 2.24) is 0 Å². The zero-order chi connectivity index (χ0) is 18.2. The van der Waals surface area contributed by atoms with Crippen LogP contribution in [0.15, 0.2) is 46.9 Å². The van der Waals surface area contributed by atoms with Crippen LogP contribution in [0.2, 0.25) is 0 Å². The van der Waals surface area contributed by atoms with Gasteiger partial charge in [-0.25, -0.2) is 4.79 Å². The van der Waals surface area contributed by atoms with Gasteiger partial charge in [-0.1, -0.05) is 28.1 Å². The van der Waals surface area contributed by atoms with Crippen molar-refractivity contribution in [1.29, 1.82) is 0 Å². The number of methoxy groups -OCH3 is 3. The lowest BCUT2D eigenvalue weighted by atomic mass is 10.1. The lowest BCUT2D eigenvalue weighted by molar-refractivity contribution is -0.138. The fourth-order valence-electron chi connectivity index (χ4n) is 2.26. The SMILES string of the molecule is COc1ccc(Br)cc1COC(=O)/C=C/c1cccc(OC)c1OC. The van der Waals surface area contributed by atoms with Crippen LogP contribution in [-0.4, -0.2) is 27.3 Å². The molecule has 0 saturated carbocycles. The van der Waals surface area contributed by atoms with Crippen molar-refractivity contribution in [3.63, 3.8) is 0 Å². The Morgan fingerprint density at radius 3 is 2.48 bits per heavy atom. The van der Waals surface area contributed by atoms with E-state index in [2.05, 4.69) is 15.9 Å². The van der Waals surface area contributed by atoms with Crippen molar-refractivity contribution in [2.75, 3.05) is 21.3 Å². The van der Waals surface area contributed by atoms with Crippen LogP contribution in [0.3, 0.4) is 0 Å². The maximum absolute atomic E-state index is 12.0. The molecule has 0 aliphatic rings. The van der Waals surface area contributed by atoms with E-state index in [1.807, 2.05) is 30.3 Å². The lowest BCUT2D eigenvalue weighted by Crippen LogP contribution is -2.02. The lowest BCUT2D eigenvalue weighted by Gasteiger charge is -2.10. The molecule has 0 spiro atoms. The highest BCUT2D eigenvalue weighted by Crippen LogP contribution is 2.31. The molecule has 6 heteroatoms. The number of hydrogen-bond donors (Lipinski definition) is 0. The first-order valence-corrected chi connectivity index (χ1v) is 8.26. The fourth-order valence-corrected chi connectivity index (χ4v) is 2.67. The topological polar surface area (TPSA) is 54.0 Å². The number of benzene rings is 2. The van der Waals surface area contributed by atoms with E-state index in [0.29, 0.717) is 17.2 Å². The molecular weight excluding hydrogens is 388 g/mol. The first kappa shape index (κ1) is 18.9. The second-order valence-corrected chi connectivity index (χ2v) is 5.90. The summed E-state index contributed by atoms with van der Waals surface area (Å²) in [7, 11) is 4.68. The molecule has 0 heterocycles. The number of esters is 1. The van der Waals surface area contributed by atoms with Gasteiger partial charge in [0.05, 0.1) is 21.3 Å². The van der Waals surface area contributed by atoms with Gasteiger partial charge in [0.15, 0.2) is 11.5 Å². The summed E-state index contributed by atoms with van der Waals surface area (Å²) >= 11 is 3.39. The summed E-state index contributed by atoms with van der Waals surface area (Å²) in [5.41, 5.74) is 1.50. The van der Waals surface area contributed by atoms with Crippen molar-refractivity contribution in [3.8, 4) is 17.2 Å². The molecule has 0 unspecified atom stereocenters. The van der Waals surface area contributed by atoms with Gasteiger partial charge in [0.2, 0.25) is 0 Å². The predicted octanol–water partition coefficient (Wildman–Crippen LogP) is 4.23. The molecule has 0 aliphatic carbocycles. The van der Waals surface area contributed by atoms with Crippen molar-refractivity contribution in [2.24, 2.45) is 0 Å². The van der Waals surface area contributed by atoms with Gasteiger partial charge in [-0.15, -0.1) is 0 Å². The van der Waals surface area contributed by atoms with Gasteiger partial charge in [-0.05, 0) is 30.3 Å². The van der Waals surface area contributed by atoms with Gasteiger partial charge >= 0.3 is 5.97 Å². The normalized spacial score (nSPS) is 10.6. The Kier molecular flexibility index (Phi) is 6.89. The summed E-state index contributed by atoms with van der Waals surface area (Å²) in [4.78, 5) is 12.0. The summed E-state index contributed by atoms with van der Waals surface area (Å²) in [5.74, 6) is 1.35. The number of carbonyl (C=O) groups excluding carboxylic acids is 1. The van der Waals surface area contributed by atoms with Crippen LogP contribution in [0.4, 0.5) is 0 Å². The van der Waals surface area contributed by atoms with Crippen molar-refractivity contribution in [3.05, 3.63) is 58.1 Å². The molecular formula is C19H19BrO5. The Morgan fingerprint density at radius 1 is 1.04 bits per heavy atom. The van der Waals surface area contributed by atoms with Gasteiger partial charge in [-0.2, -0.15) is 0 Å². The molecule has 132 valence electrons. The average Bonchev–Trinajstić information content (AvgIpc) is 2.64. The second kappa shape index (κ2) is 9.13. The Balaban J connectivity index is 2.06. The van der Waals surface area contributed by atoms with Crippen LogP contribution in [0.1, 0.15) is 11.1 Å². The summed E-state index contributed by atoms with van der Waals surface area (Å²) in [5, 5.41) is 0. The van der Waals surface area contributed by atoms with E-state index in [0.717, 1.165) is 15.6 Å². The molecule has 2 aromatic rings. The number of carbonyl (C=O) groups is 1. The first-order chi connectivity index (χ1) is 12.1. The highest BCUT2D eigenvalue weighted by atomic mass is 79.9. The van der Waals surface area contributed by atoms with E-state index in [1.165, 1.54) is 6.08 Å². The van der Waals surface area contributed by atoms with Crippen LogP contribution in [0.25, 0.3) is 6.08 Å². The Bertz CT molecular complexity index is 770. The number of ether oxygens (including phenoxy) is 4. The van der Waals surface area contributed by atoms with E-state index in [9.17, 15) is 4.79 Å². The minimum atomic E-state index is -0.466. The van der Waals surface area contributed by atoms with Crippen molar-refractivity contribution in [2.45, 2.75) is 6.61 Å². The van der Waals surface area contributed by atoms with Crippen LogP contribution >= 0.6 is 15.9 Å². The molecule has 0 aliphatic heterocycles. The van der Waals surface area contributed by atoms with Crippen LogP contribution in [-0.2, 0) is 16.1 Å². The predicted molar refractivity (Wildman–Crippen MR) is 99.1 cm³/mol. The summed E-state index contributed by atoms with van der Waals surface area (Å²) in [6.45, 7) is 0.112. The molecule has 0 amide bonds. The van der Waals surface area contributed by atoms with Crippen LogP contribution in [0.5, 0.6) is 17.2 Å². The monoisotopic (exact) mass is 406 g/mol. The highest BCUT2D eigenvalue weighted by Gasteiger charge is 2.09. The molecule has 0 radical (unpaired) electrons. The number of para-hydroxylation sites is 1. The third kappa shape index (κ3) is 5.00. The van der Waals surface area contributed by atoms with Gasteiger partial charge in [0.25, 0.3) is 0 Å². The minimum Gasteiger partial charge on any atom is -0.496 e. The van der Waals surface area contributed by atoms with Crippen molar-refractivity contribution >= 4 is 28.0 Å². The van der Waals surface area contributed by atoms with E-state index < -0.39 is 5.97 Å². The zero-order valence-corrected chi connectivity index (χ0v) is 15.8. The van der Waals surface area contributed by atoms with E-state index in [1.54, 1.807) is 33.5 Å². The highest BCUT2D eigenvalue weighted by molar-refractivity contribution is 9.10. The fraction of sp³-hybridized carbons (Fsp3) is 0.211. The summed E-state index contributed by atoms with van der Waals surface area (Å²) in [6, 6.07) is 10.9. The van der Waals surface area contributed by atoms with Gasteiger partial charge in [0.1, 0.15) is 12.4 Å². The Morgan fingerprint density at radius 2 is 1.80 bits per heavy atom. The molecule has 0 saturated heterocycles. The smallest absolute Gasteiger partial charge is 0.331 e. The molecule has 2 aromatic carbocycles. The third-order valence-electron chi connectivity index (χ3n) is 3.44.